The number of ether oxygens (including phenoxy) is 2. The molecule has 0 unspecified atom stereocenters. The third-order valence-corrected chi connectivity index (χ3v) is 3.26. The second kappa shape index (κ2) is 8.76. The molecular formula is C19H21NO2. The molecule has 3 nitrogen and oxygen atoms in total. The Labute approximate surface area is 132 Å². The molecule has 2 aromatic rings. The molecule has 0 spiro atoms. The molecule has 0 bridgehead atoms. The molecule has 0 aliphatic heterocycles. The lowest BCUT2D eigenvalue weighted by molar-refractivity contribution is 0.354. The first-order chi connectivity index (χ1) is 10.8. The summed E-state index contributed by atoms with van der Waals surface area (Å²) in [6.45, 7) is 1.56. The predicted molar refractivity (Wildman–Crippen MR) is 89.4 cm³/mol. The average molecular weight is 295 g/mol. The van der Waals surface area contributed by atoms with Crippen molar-refractivity contribution < 1.29 is 9.47 Å². The van der Waals surface area contributed by atoms with Crippen LogP contribution in [0.1, 0.15) is 11.1 Å². The Morgan fingerprint density at radius 1 is 0.955 bits per heavy atom. The van der Waals surface area contributed by atoms with E-state index >= 15 is 0 Å². The van der Waals surface area contributed by atoms with Gasteiger partial charge in [0.2, 0.25) is 0 Å². The summed E-state index contributed by atoms with van der Waals surface area (Å²) in [5, 5.41) is 3.32. The summed E-state index contributed by atoms with van der Waals surface area (Å²) in [7, 11) is 3.30. The summed E-state index contributed by atoms with van der Waals surface area (Å²) < 4.78 is 10.5. The van der Waals surface area contributed by atoms with Crippen LogP contribution in [0.4, 0.5) is 0 Å². The monoisotopic (exact) mass is 295 g/mol. The highest BCUT2D eigenvalue weighted by Gasteiger charge is 2.03. The lowest BCUT2D eigenvalue weighted by Crippen LogP contribution is -2.17. The second-order valence-corrected chi connectivity index (χ2v) is 4.78. The summed E-state index contributed by atoms with van der Waals surface area (Å²) in [5.74, 6) is 7.78. The first-order valence-electron chi connectivity index (χ1n) is 7.29. The van der Waals surface area contributed by atoms with Crippen molar-refractivity contribution in [3.63, 3.8) is 0 Å². The fraction of sp³-hybridized carbons (Fsp3) is 0.263. The summed E-state index contributed by atoms with van der Waals surface area (Å²) in [5.41, 5.74) is 2.25. The SMILES string of the molecule is COc1ccc(CCNCC#Cc2ccccc2)cc1OC. The largest absolute Gasteiger partial charge is 0.493 e. The van der Waals surface area contributed by atoms with Gasteiger partial charge in [-0.1, -0.05) is 36.1 Å². The lowest BCUT2D eigenvalue weighted by atomic mass is 10.1. The molecule has 22 heavy (non-hydrogen) atoms. The van der Waals surface area contributed by atoms with Crippen molar-refractivity contribution in [3.8, 4) is 23.3 Å². The number of rotatable bonds is 6. The summed E-state index contributed by atoms with van der Waals surface area (Å²) in [4.78, 5) is 0. The van der Waals surface area contributed by atoms with Crippen LogP contribution in [-0.4, -0.2) is 27.3 Å². The highest BCUT2D eigenvalue weighted by molar-refractivity contribution is 5.43. The maximum atomic E-state index is 5.30. The minimum atomic E-state index is 0.683. The molecule has 0 aromatic heterocycles. The van der Waals surface area contributed by atoms with Crippen LogP contribution in [0.15, 0.2) is 48.5 Å². The van der Waals surface area contributed by atoms with Crippen LogP contribution < -0.4 is 14.8 Å². The molecule has 0 saturated heterocycles. The van der Waals surface area contributed by atoms with E-state index in [0.717, 1.165) is 30.0 Å². The molecule has 0 aliphatic rings. The van der Waals surface area contributed by atoms with Crippen LogP contribution in [-0.2, 0) is 6.42 Å². The summed E-state index contributed by atoms with van der Waals surface area (Å²) in [6, 6.07) is 16.0. The van der Waals surface area contributed by atoms with Crippen LogP contribution in [0.3, 0.4) is 0 Å². The third kappa shape index (κ3) is 4.83. The Kier molecular flexibility index (Phi) is 6.35. The van der Waals surface area contributed by atoms with Crippen molar-refractivity contribution in [1.29, 1.82) is 0 Å². The Balaban J connectivity index is 1.76. The highest BCUT2D eigenvalue weighted by Crippen LogP contribution is 2.27. The summed E-state index contributed by atoms with van der Waals surface area (Å²) in [6.07, 6.45) is 0.924. The van der Waals surface area contributed by atoms with Gasteiger partial charge >= 0.3 is 0 Å². The van der Waals surface area contributed by atoms with E-state index in [9.17, 15) is 0 Å². The molecule has 3 heteroatoms. The normalized spacial score (nSPS) is 9.73. The Bertz CT molecular complexity index is 641. The smallest absolute Gasteiger partial charge is 0.160 e. The first-order valence-corrected chi connectivity index (χ1v) is 7.29. The van der Waals surface area contributed by atoms with E-state index in [2.05, 4.69) is 23.2 Å². The van der Waals surface area contributed by atoms with Gasteiger partial charge in [0.05, 0.1) is 20.8 Å². The minimum Gasteiger partial charge on any atom is -0.493 e. The van der Waals surface area contributed by atoms with E-state index < -0.39 is 0 Å². The molecule has 1 N–H and O–H groups in total. The number of methoxy groups -OCH3 is 2. The van der Waals surface area contributed by atoms with E-state index in [4.69, 9.17) is 9.47 Å². The second-order valence-electron chi connectivity index (χ2n) is 4.78. The third-order valence-electron chi connectivity index (χ3n) is 3.26. The average Bonchev–Trinajstić information content (AvgIpc) is 2.58. The zero-order chi connectivity index (χ0) is 15.6. The molecular weight excluding hydrogens is 274 g/mol. The van der Waals surface area contributed by atoms with Gasteiger partial charge in [0.15, 0.2) is 11.5 Å². The fourth-order valence-corrected chi connectivity index (χ4v) is 2.09. The molecule has 0 aliphatic carbocycles. The van der Waals surface area contributed by atoms with Crippen LogP contribution in [0, 0.1) is 11.8 Å². The highest BCUT2D eigenvalue weighted by atomic mass is 16.5. The predicted octanol–water partition coefficient (Wildman–Crippen LogP) is 2.89. The quantitative estimate of drug-likeness (QED) is 0.656. The Hall–Kier alpha value is -2.44. The molecule has 0 amide bonds. The van der Waals surface area contributed by atoms with Crippen LogP contribution in [0.25, 0.3) is 0 Å². The minimum absolute atomic E-state index is 0.683. The Morgan fingerprint density at radius 3 is 2.45 bits per heavy atom. The van der Waals surface area contributed by atoms with Gasteiger partial charge in [0.1, 0.15) is 0 Å². The molecule has 2 aromatic carbocycles. The summed E-state index contributed by atoms with van der Waals surface area (Å²) >= 11 is 0. The molecule has 0 saturated carbocycles. The van der Waals surface area contributed by atoms with E-state index in [1.807, 2.05) is 42.5 Å². The maximum Gasteiger partial charge on any atom is 0.160 e. The number of benzene rings is 2. The molecule has 114 valence electrons. The van der Waals surface area contributed by atoms with Crippen molar-refractivity contribution >= 4 is 0 Å². The first kappa shape index (κ1) is 15.9. The molecule has 0 fully saturated rings. The standard InChI is InChI=1S/C19H21NO2/c1-21-18-11-10-17(15-19(18)22-2)12-14-20-13-6-9-16-7-4-3-5-8-16/h3-5,7-8,10-11,15,20H,12-14H2,1-2H3. The van der Waals surface area contributed by atoms with Gasteiger partial charge in [-0.05, 0) is 36.2 Å². The maximum absolute atomic E-state index is 5.30. The molecule has 0 atom stereocenters. The van der Waals surface area contributed by atoms with Gasteiger partial charge in [-0.2, -0.15) is 0 Å². The van der Waals surface area contributed by atoms with Crippen molar-refractivity contribution in [2.24, 2.45) is 0 Å². The fourth-order valence-electron chi connectivity index (χ4n) is 2.09. The van der Waals surface area contributed by atoms with Crippen molar-refractivity contribution in [2.45, 2.75) is 6.42 Å². The van der Waals surface area contributed by atoms with E-state index in [1.165, 1.54) is 5.56 Å². The van der Waals surface area contributed by atoms with Gasteiger partial charge in [-0.25, -0.2) is 0 Å². The topological polar surface area (TPSA) is 30.5 Å². The number of nitrogens with one attached hydrogen (secondary N) is 1. The van der Waals surface area contributed by atoms with Crippen molar-refractivity contribution in [3.05, 3.63) is 59.7 Å². The zero-order valence-electron chi connectivity index (χ0n) is 13.1. The van der Waals surface area contributed by atoms with Crippen LogP contribution in [0.2, 0.25) is 0 Å². The van der Waals surface area contributed by atoms with E-state index in [-0.39, 0.29) is 0 Å². The van der Waals surface area contributed by atoms with Crippen LogP contribution >= 0.6 is 0 Å². The zero-order valence-corrected chi connectivity index (χ0v) is 13.1. The van der Waals surface area contributed by atoms with Gasteiger partial charge in [0.25, 0.3) is 0 Å². The lowest BCUT2D eigenvalue weighted by Gasteiger charge is -2.09. The Morgan fingerprint density at radius 2 is 1.73 bits per heavy atom. The van der Waals surface area contributed by atoms with Crippen LogP contribution in [0.5, 0.6) is 11.5 Å². The van der Waals surface area contributed by atoms with Gasteiger partial charge in [-0.3, -0.25) is 0 Å². The van der Waals surface area contributed by atoms with Gasteiger partial charge < -0.3 is 14.8 Å². The van der Waals surface area contributed by atoms with E-state index in [1.54, 1.807) is 14.2 Å². The van der Waals surface area contributed by atoms with Gasteiger partial charge in [0, 0.05) is 12.1 Å². The molecule has 0 heterocycles. The molecule has 0 radical (unpaired) electrons. The number of hydrogen-bond donors (Lipinski definition) is 1. The van der Waals surface area contributed by atoms with Crippen molar-refractivity contribution in [2.75, 3.05) is 27.3 Å². The number of hydrogen-bond acceptors (Lipinski definition) is 3. The van der Waals surface area contributed by atoms with Crippen molar-refractivity contribution in [1.82, 2.24) is 5.32 Å². The van der Waals surface area contributed by atoms with Gasteiger partial charge in [-0.15, -0.1) is 0 Å². The molecule has 2 rings (SSSR count). The van der Waals surface area contributed by atoms with E-state index in [0.29, 0.717) is 6.54 Å².